The van der Waals surface area contributed by atoms with Crippen molar-refractivity contribution in [1.29, 1.82) is 0 Å². The average Bonchev–Trinajstić information content (AvgIpc) is 2.55. The maximum atomic E-state index is 13.8. The molecule has 0 aliphatic rings. The highest BCUT2D eigenvalue weighted by atomic mass is 19.2. The summed E-state index contributed by atoms with van der Waals surface area (Å²) in [4.78, 5) is 10.8. The highest BCUT2D eigenvalue weighted by Gasteiger charge is 2.15. The van der Waals surface area contributed by atoms with E-state index in [9.17, 15) is 13.2 Å². The summed E-state index contributed by atoms with van der Waals surface area (Å²) in [6.07, 6.45) is 1.88. The third-order valence-electron chi connectivity index (χ3n) is 3.41. The van der Waals surface area contributed by atoms with E-state index < -0.39 is 17.5 Å². The van der Waals surface area contributed by atoms with Gasteiger partial charge in [0.25, 0.3) is 0 Å². The van der Waals surface area contributed by atoms with Crippen LogP contribution in [0.25, 0.3) is 0 Å². The van der Waals surface area contributed by atoms with Gasteiger partial charge >= 0.3 is 0 Å². The number of benzene rings is 1. The van der Waals surface area contributed by atoms with Gasteiger partial charge in [-0.3, -0.25) is 0 Å². The molecule has 1 aromatic carbocycles. The van der Waals surface area contributed by atoms with Crippen molar-refractivity contribution >= 4 is 17.5 Å². The van der Waals surface area contributed by atoms with Crippen LogP contribution in [0.4, 0.5) is 30.6 Å². The van der Waals surface area contributed by atoms with Crippen LogP contribution >= 0.6 is 0 Å². The van der Waals surface area contributed by atoms with Gasteiger partial charge in [0.1, 0.15) is 5.82 Å². The molecule has 0 saturated carbocycles. The number of anilines is 3. The number of hydrogen-bond donors (Lipinski definition) is 1. The molecule has 0 bridgehead atoms. The Bertz CT molecular complexity index is 700. The molecule has 0 aliphatic carbocycles. The lowest BCUT2D eigenvalue weighted by atomic mass is 10.2. The molecule has 2 rings (SSSR count). The van der Waals surface area contributed by atoms with Crippen LogP contribution in [-0.2, 0) is 0 Å². The van der Waals surface area contributed by atoms with Gasteiger partial charge in [0.2, 0.25) is 5.95 Å². The molecule has 0 saturated heterocycles. The number of hydrogen-bond acceptors (Lipinski definition) is 4. The van der Waals surface area contributed by atoms with Crippen molar-refractivity contribution in [1.82, 2.24) is 9.97 Å². The summed E-state index contributed by atoms with van der Waals surface area (Å²) in [6.45, 7) is 7.53. The lowest BCUT2D eigenvalue weighted by Crippen LogP contribution is -2.27. The molecular formula is C17H21F3N4. The monoisotopic (exact) mass is 338 g/mol. The number of nitrogens with one attached hydrogen (secondary N) is 1. The Morgan fingerprint density at radius 1 is 1.00 bits per heavy atom. The second-order valence-electron chi connectivity index (χ2n) is 5.53. The second kappa shape index (κ2) is 7.99. The lowest BCUT2D eigenvalue weighted by Gasteiger charge is -2.22. The van der Waals surface area contributed by atoms with Crippen molar-refractivity contribution in [2.75, 3.05) is 23.3 Å². The third kappa shape index (κ3) is 4.15. The summed E-state index contributed by atoms with van der Waals surface area (Å²) in [5.74, 6) is -3.14. The van der Waals surface area contributed by atoms with Gasteiger partial charge in [-0.2, -0.15) is 4.98 Å². The molecule has 0 amide bonds. The van der Waals surface area contributed by atoms with Crippen LogP contribution in [0.5, 0.6) is 0 Å². The van der Waals surface area contributed by atoms with Crippen LogP contribution in [0.2, 0.25) is 0 Å². The van der Waals surface area contributed by atoms with E-state index in [1.54, 1.807) is 13.0 Å². The standard InChI is InChI=1S/C17H21F3N4/c1-4-8-24(9-5-2)17-21-11(3)10-14(23-17)22-13-7-6-12(18)15(19)16(13)20/h6-7,10H,4-5,8-9H2,1-3H3,(H,21,22,23). The molecule has 0 atom stereocenters. The Morgan fingerprint density at radius 3 is 2.29 bits per heavy atom. The lowest BCUT2D eigenvalue weighted by molar-refractivity contribution is 0.449. The number of nitrogens with zero attached hydrogens (tertiary/aromatic N) is 3. The van der Waals surface area contributed by atoms with Crippen molar-refractivity contribution < 1.29 is 13.2 Å². The summed E-state index contributed by atoms with van der Waals surface area (Å²) >= 11 is 0. The van der Waals surface area contributed by atoms with Crippen LogP contribution in [0.15, 0.2) is 18.2 Å². The largest absolute Gasteiger partial charge is 0.341 e. The molecule has 0 radical (unpaired) electrons. The van der Waals surface area contributed by atoms with Gasteiger partial charge in [0, 0.05) is 24.8 Å². The van der Waals surface area contributed by atoms with Crippen molar-refractivity contribution in [3.63, 3.8) is 0 Å². The Balaban J connectivity index is 2.33. The first-order chi connectivity index (χ1) is 11.5. The highest BCUT2D eigenvalue weighted by molar-refractivity contribution is 5.58. The molecule has 130 valence electrons. The highest BCUT2D eigenvalue weighted by Crippen LogP contribution is 2.24. The summed E-state index contributed by atoms with van der Waals surface area (Å²) < 4.78 is 40.2. The topological polar surface area (TPSA) is 41.1 Å². The predicted octanol–water partition coefficient (Wildman–Crippen LogP) is 4.57. The van der Waals surface area contributed by atoms with Crippen molar-refractivity contribution in [2.24, 2.45) is 0 Å². The maximum absolute atomic E-state index is 13.8. The fourth-order valence-corrected chi connectivity index (χ4v) is 2.37. The quantitative estimate of drug-likeness (QED) is 0.751. The Hall–Kier alpha value is -2.31. The normalized spacial score (nSPS) is 10.8. The zero-order chi connectivity index (χ0) is 17.7. The summed E-state index contributed by atoms with van der Waals surface area (Å²) in [7, 11) is 0. The fourth-order valence-electron chi connectivity index (χ4n) is 2.37. The molecule has 0 spiro atoms. The van der Waals surface area contributed by atoms with E-state index in [1.165, 1.54) is 0 Å². The van der Waals surface area contributed by atoms with Gasteiger partial charge in [-0.1, -0.05) is 13.8 Å². The molecular weight excluding hydrogens is 317 g/mol. The Labute approximate surface area is 139 Å². The zero-order valence-corrected chi connectivity index (χ0v) is 14.0. The smallest absolute Gasteiger partial charge is 0.227 e. The third-order valence-corrected chi connectivity index (χ3v) is 3.41. The molecule has 0 unspecified atom stereocenters. The van der Waals surface area contributed by atoms with Gasteiger partial charge in [-0.05, 0) is 31.9 Å². The Morgan fingerprint density at radius 2 is 1.67 bits per heavy atom. The molecule has 7 heteroatoms. The van der Waals surface area contributed by atoms with Crippen molar-refractivity contribution in [3.8, 4) is 0 Å². The van der Waals surface area contributed by atoms with Crippen LogP contribution in [0, 0.1) is 24.4 Å². The van der Waals surface area contributed by atoms with Gasteiger partial charge in [0.05, 0.1) is 5.69 Å². The molecule has 0 fully saturated rings. The Kier molecular flexibility index (Phi) is 6.00. The van der Waals surface area contributed by atoms with E-state index >= 15 is 0 Å². The number of halogens is 3. The first kappa shape index (κ1) is 18.0. The molecule has 0 aliphatic heterocycles. The molecule has 1 heterocycles. The molecule has 1 aromatic heterocycles. The second-order valence-corrected chi connectivity index (χ2v) is 5.53. The molecule has 4 nitrogen and oxygen atoms in total. The van der Waals surface area contributed by atoms with Gasteiger partial charge in [-0.25, -0.2) is 18.2 Å². The minimum atomic E-state index is -1.51. The molecule has 24 heavy (non-hydrogen) atoms. The van der Waals surface area contributed by atoms with Gasteiger partial charge in [-0.15, -0.1) is 0 Å². The SMILES string of the molecule is CCCN(CCC)c1nc(C)cc(Nc2ccc(F)c(F)c2F)n1. The fraction of sp³-hybridized carbons (Fsp3) is 0.412. The van der Waals surface area contributed by atoms with E-state index in [2.05, 4.69) is 29.1 Å². The van der Waals surface area contributed by atoms with E-state index in [0.717, 1.165) is 38.1 Å². The van der Waals surface area contributed by atoms with E-state index in [1.807, 2.05) is 4.90 Å². The van der Waals surface area contributed by atoms with E-state index in [4.69, 9.17) is 0 Å². The van der Waals surface area contributed by atoms with Crippen LogP contribution in [0.3, 0.4) is 0 Å². The van der Waals surface area contributed by atoms with Gasteiger partial charge < -0.3 is 10.2 Å². The molecule has 2 aromatic rings. The maximum Gasteiger partial charge on any atom is 0.227 e. The number of aryl methyl sites for hydroxylation is 1. The summed E-state index contributed by atoms with van der Waals surface area (Å²) in [5, 5.41) is 2.70. The minimum absolute atomic E-state index is 0.171. The predicted molar refractivity (Wildman–Crippen MR) is 89.2 cm³/mol. The van der Waals surface area contributed by atoms with Crippen LogP contribution < -0.4 is 10.2 Å². The van der Waals surface area contributed by atoms with E-state index in [-0.39, 0.29) is 5.69 Å². The van der Waals surface area contributed by atoms with Gasteiger partial charge in [0.15, 0.2) is 17.5 Å². The summed E-state index contributed by atoms with van der Waals surface area (Å²) in [5.41, 5.74) is 0.526. The van der Waals surface area contributed by atoms with Crippen molar-refractivity contribution in [3.05, 3.63) is 41.3 Å². The first-order valence-electron chi connectivity index (χ1n) is 7.97. The van der Waals surface area contributed by atoms with Crippen LogP contribution in [0.1, 0.15) is 32.4 Å². The minimum Gasteiger partial charge on any atom is -0.341 e. The first-order valence-corrected chi connectivity index (χ1v) is 7.97. The number of aromatic nitrogens is 2. The number of rotatable bonds is 7. The van der Waals surface area contributed by atoms with E-state index in [0.29, 0.717) is 17.5 Å². The molecule has 1 N–H and O–H groups in total. The van der Waals surface area contributed by atoms with Crippen LogP contribution in [-0.4, -0.2) is 23.1 Å². The van der Waals surface area contributed by atoms with Crippen molar-refractivity contribution in [2.45, 2.75) is 33.6 Å². The summed E-state index contributed by atoms with van der Waals surface area (Å²) in [6, 6.07) is 3.64. The zero-order valence-electron chi connectivity index (χ0n) is 14.0. The average molecular weight is 338 g/mol.